The van der Waals surface area contributed by atoms with Gasteiger partial charge in [-0.3, -0.25) is 4.68 Å². The summed E-state index contributed by atoms with van der Waals surface area (Å²) >= 11 is 0. The van der Waals surface area contributed by atoms with Crippen molar-refractivity contribution in [2.24, 2.45) is 13.0 Å². The fourth-order valence-electron chi connectivity index (χ4n) is 4.43. The summed E-state index contributed by atoms with van der Waals surface area (Å²) in [6.07, 6.45) is 2.53. The number of piperidine rings is 1. The highest BCUT2D eigenvalue weighted by atomic mass is 15.3. The lowest BCUT2D eigenvalue weighted by molar-refractivity contribution is 0.340. The van der Waals surface area contributed by atoms with Crippen LogP contribution in [0.2, 0.25) is 0 Å². The summed E-state index contributed by atoms with van der Waals surface area (Å²) in [4.78, 5) is 16.0. The molecule has 0 bridgehead atoms. The molecule has 0 aliphatic carbocycles. The molecule has 2 fully saturated rings. The number of hydrogen-bond donors (Lipinski definition) is 2. The molecular weight excluding hydrogens is 340 g/mol. The third-order valence-corrected chi connectivity index (χ3v) is 5.79. The number of nitrogen functional groups attached to an aromatic ring is 1. The van der Waals surface area contributed by atoms with E-state index in [1.807, 2.05) is 32.2 Å². The largest absolute Gasteiger partial charge is 0.368 e. The predicted octanol–water partition coefficient (Wildman–Crippen LogP) is 1.50. The molecule has 0 spiro atoms. The Kier molecular flexibility index (Phi) is 3.75. The van der Waals surface area contributed by atoms with Crippen LogP contribution in [0.4, 0.5) is 11.8 Å². The zero-order chi connectivity index (χ0) is 18.5. The number of rotatable bonds is 2. The Morgan fingerprint density at radius 3 is 2.89 bits per heavy atom. The minimum atomic E-state index is 0.286. The molecule has 3 aromatic heterocycles. The van der Waals surface area contributed by atoms with Gasteiger partial charge in [-0.1, -0.05) is 0 Å². The van der Waals surface area contributed by atoms with Crippen molar-refractivity contribution in [2.75, 3.05) is 30.3 Å². The molecule has 2 aliphatic heterocycles. The van der Waals surface area contributed by atoms with E-state index in [2.05, 4.69) is 25.3 Å². The second-order valence-electron chi connectivity index (χ2n) is 7.61. The van der Waals surface area contributed by atoms with E-state index in [4.69, 9.17) is 10.7 Å². The van der Waals surface area contributed by atoms with Crippen LogP contribution in [0.5, 0.6) is 0 Å². The summed E-state index contributed by atoms with van der Waals surface area (Å²) in [5.41, 5.74) is 9.41. The van der Waals surface area contributed by atoms with Gasteiger partial charge in [0.1, 0.15) is 5.82 Å². The van der Waals surface area contributed by atoms with Gasteiger partial charge < -0.3 is 16.0 Å². The Balaban J connectivity index is 1.51. The SMILES string of the molecule is Cc1nn(C)c2nc(-c3cc(N4CC5CCCNC5C4)nc(N)n3)ccc12. The normalized spacial score (nSPS) is 22.4. The lowest BCUT2D eigenvalue weighted by atomic mass is 9.94. The standard InChI is InChI=1S/C19H24N8/c1-11-13-5-6-14(22-18(13)26(2)25-11)15-8-17(24-19(20)23-15)27-9-12-4-3-7-21-16(12)10-27/h5-6,8,12,16,21H,3-4,7,9-10H2,1-2H3,(H2,20,23,24). The number of hydrogen-bond acceptors (Lipinski definition) is 7. The Hall–Kier alpha value is -2.74. The Labute approximate surface area is 157 Å². The summed E-state index contributed by atoms with van der Waals surface area (Å²) in [5.74, 6) is 1.86. The maximum absolute atomic E-state index is 6.05. The van der Waals surface area contributed by atoms with Crippen molar-refractivity contribution in [2.45, 2.75) is 25.8 Å². The Morgan fingerprint density at radius 2 is 2.04 bits per heavy atom. The first-order valence-corrected chi connectivity index (χ1v) is 9.52. The van der Waals surface area contributed by atoms with Crippen molar-refractivity contribution >= 4 is 22.8 Å². The molecule has 27 heavy (non-hydrogen) atoms. The van der Waals surface area contributed by atoms with Crippen LogP contribution >= 0.6 is 0 Å². The van der Waals surface area contributed by atoms with E-state index in [1.54, 1.807) is 4.68 Å². The minimum Gasteiger partial charge on any atom is -0.368 e. The van der Waals surface area contributed by atoms with Gasteiger partial charge >= 0.3 is 0 Å². The zero-order valence-corrected chi connectivity index (χ0v) is 15.7. The van der Waals surface area contributed by atoms with Crippen LogP contribution in [0.3, 0.4) is 0 Å². The van der Waals surface area contributed by atoms with Crippen LogP contribution in [-0.4, -0.2) is 50.4 Å². The summed E-state index contributed by atoms with van der Waals surface area (Å²) < 4.78 is 1.80. The molecule has 0 amide bonds. The van der Waals surface area contributed by atoms with Crippen molar-refractivity contribution in [1.29, 1.82) is 0 Å². The number of nitrogens with one attached hydrogen (secondary N) is 1. The van der Waals surface area contributed by atoms with Gasteiger partial charge in [0.25, 0.3) is 0 Å². The van der Waals surface area contributed by atoms with Gasteiger partial charge in [0.05, 0.1) is 17.1 Å². The van der Waals surface area contributed by atoms with Gasteiger partial charge in [-0.2, -0.15) is 10.1 Å². The number of aromatic nitrogens is 5. The van der Waals surface area contributed by atoms with Crippen LogP contribution in [0.15, 0.2) is 18.2 Å². The van der Waals surface area contributed by atoms with Crippen LogP contribution in [0, 0.1) is 12.8 Å². The molecule has 0 saturated carbocycles. The highest BCUT2D eigenvalue weighted by molar-refractivity contribution is 5.81. The van der Waals surface area contributed by atoms with Crippen molar-refractivity contribution < 1.29 is 0 Å². The van der Waals surface area contributed by atoms with Crippen LogP contribution in [0.25, 0.3) is 22.4 Å². The molecular formula is C19H24N8. The van der Waals surface area contributed by atoms with E-state index in [9.17, 15) is 0 Å². The quantitative estimate of drug-likeness (QED) is 0.711. The molecule has 2 unspecified atom stereocenters. The van der Waals surface area contributed by atoms with Gasteiger partial charge in [-0.05, 0) is 44.4 Å². The Morgan fingerprint density at radius 1 is 1.15 bits per heavy atom. The first-order valence-electron chi connectivity index (χ1n) is 9.52. The second-order valence-corrected chi connectivity index (χ2v) is 7.61. The van der Waals surface area contributed by atoms with E-state index >= 15 is 0 Å². The lowest BCUT2D eigenvalue weighted by Gasteiger charge is -2.24. The first-order chi connectivity index (χ1) is 13.1. The lowest BCUT2D eigenvalue weighted by Crippen LogP contribution is -2.40. The minimum absolute atomic E-state index is 0.286. The van der Waals surface area contributed by atoms with Crippen molar-refractivity contribution in [3.63, 3.8) is 0 Å². The average Bonchev–Trinajstić information content (AvgIpc) is 3.22. The van der Waals surface area contributed by atoms with Crippen molar-refractivity contribution in [1.82, 2.24) is 30.0 Å². The highest BCUT2D eigenvalue weighted by Gasteiger charge is 2.35. The van der Waals surface area contributed by atoms with Gasteiger partial charge in [0, 0.05) is 37.6 Å². The van der Waals surface area contributed by atoms with E-state index in [0.717, 1.165) is 53.6 Å². The topological polar surface area (TPSA) is 97.8 Å². The molecule has 5 rings (SSSR count). The fraction of sp³-hybridized carbons (Fsp3) is 0.474. The Bertz CT molecular complexity index is 996. The molecule has 0 aromatic carbocycles. The molecule has 8 heteroatoms. The molecule has 2 atom stereocenters. The third kappa shape index (κ3) is 2.80. The fourth-order valence-corrected chi connectivity index (χ4v) is 4.43. The molecule has 8 nitrogen and oxygen atoms in total. The zero-order valence-electron chi connectivity index (χ0n) is 15.7. The number of anilines is 2. The second kappa shape index (κ2) is 6.16. The number of aryl methyl sites for hydroxylation is 2. The number of fused-ring (bicyclic) bond motifs is 2. The van der Waals surface area contributed by atoms with Crippen LogP contribution < -0.4 is 16.0 Å². The maximum Gasteiger partial charge on any atom is 0.222 e. The van der Waals surface area contributed by atoms with E-state index in [1.165, 1.54) is 12.8 Å². The molecule has 140 valence electrons. The number of nitrogens with two attached hydrogens (primary N) is 1. The maximum atomic E-state index is 6.05. The van der Waals surface area contributed by atoms with Gasteiger partial charge in [0.2, 0.25) is 5.95 Å². The third-order valence-electron chi connectivity index (χ3n) is 5.79. The molecule has 0 radical (unpaired) electrons. The number of nitrogens with zero attached hydrogens (tertiary/aromatic N) is 6. The van der Waals surface area contributed by atoms with Crippen LogP contribution in [-0.2, 0) is 7.05 Å². The predicted molar refractivity (Wildman–Crippen MR) is 105 cm³/mol. The van der Waals surface area contributed by atoms with Crippen molar-refractivity contribution in [3.8, 4) is 11.4 Å². The molecule has 2 saturated heterocycles. The van der Waals surface area contributed by atoms with Gasteiger partial charge in [-0.15, -0.1) is 0 Å². The molecule has 5 heterocycles. The molecule has 3 aromatic rings. The van der Waals surface area contributed by atoms with Gasteiger partial charge in [0.15, 0.2) is 5.65 Å². The first kappa shape index (κ1) is 16.4. The van der Waals surface area contributed by atoms with E-state index in [0.29, 0.717) is 12.0 Å². The molecule has 3 N–H and O–H groups in total. The van der Waals surface area contributed by atoms with E-state index in [-0.39, 0.29) is 5.95 Å². The smallest absolute Gasteiger partial charge is 0.222 e. The summed E-state index contributed by atoms with van der Waals surface area (Å²) in [5, 5.41) is 9.13. The summed E-state index contributed by atoms with van der Waals surface area (Å²) in [6.45, 7) is 5.08. The summed E-state index contributed by atoms with van der Waals surface area (Å²) in [6, 6.07) is 6.58. The highest BCUT2D eigenvalue weighted by Crippen LogP contribution is 2.30. The number of pyridine rings is 1. The van der Waals surface area contributed by atoms with Crippen LogP contribution in [0.1, 0.15) is 18.5 Å². The average molecular weight is 364 g/mol. The van der Waals surface area contributed by atoms with Crippen molar-refractivity contribution in [3.05, 3.63) is 23.9 Å². The van der Waals surface area contributed by atoms with E-state index < -0.39 is 0 Å². The summed E-state index contributed by atoms with van der Waals surface area (Å²) in [7, 11) is 1.91. The monoisotopic (exact) mass is 364 g/mol. The molecule has 2 aliphatic rings. The van der Waals surface area contributed by atoms with Gasteiger partial charge in [-0.25, -0.2) is 9.97 Å².